The van der Waals surface area contributed by atoms with Crippen LogP contribution in [0.5, 0.6) is 0 Å². The van der Waals surface area contributed by atoms with Gasteiger partial charge in [0.05, 0.1) is 33.2 Å². The average Bonchev–Trinajstić information content (AvgIpc) is 2.84. The summed E-state index contributed by atoms with van der Waals surface area (Å²) >= 11 is 6.40. The van der Waals surface area contributed by atoms with E-state index in [0.717, 1.165) is 5.56 Å². The second kappa shape index (κ2) is 10.4. The summed E-state index contributed by atoms with van der Waals surface area (Å²) < 4.78 is 1.63. The van der Waals surface area contributed by atoms with Crippen molar-refractivity contribution in [3.63, 3.8) is 0 Å². The molecule has 3 aromatic carbocycles. The molecule has 180 valence electrons. The number of rotatable bonds is 7. The average molecular weight is 489 g/mol. The van der Waals surface area contributed by atoms with Gasteiger partial charge in [0.2, 0.25) is 0 Å². The van der Waals surface area contributed by atoms with Crippen LogP contribution < -0.4 is 5.56 Å². The Hall–Kier alpha value is -3.48. The topological polar surface area (TPSA) is 58.4 Å². The molecule has 1 atom stereocenters. The van der Waals surface area contributed by atoms with Crippen LogP contribution in [0.15, 0.2) is 77.6 Å². The van der Waals surface area contributed by atoms with E-state index in [0.29, 0.717) is 46.1 Å². The third-order valence-electron chi connectivity index (χ3n) is 6.06. The number of aryl methyl sites for hydroxylation is 1. The summed E-state index contributed by atoms with van der Waals surface area (Å²) in [7, 11) is 3.92. The van der Waals surface area contributed by atoms with Crippen molar-refractivity contribution in [3.8, 4) is 5.69 Å². The van der Waals surface area contributed by atoms with Gasteiger partial charge in [-0.25, -0.2) is 4.98 Å². The van der Waals surface area contributed by atoms with Gasteiger partial charge < -0.3 is 9.80 Å². The molecule has 0 saturated carbocycles. The Morgan fingerprint density at radius 2 is 1.71 bits per heavy atom. The van der Waals surface area contributed by atoms with Gasteiger partial charge in [-0.15, -0.1) is 0 Å². The molecule has 0 aliphatic heterocycles. The van der Waals surface area contributed by atoms with Crippen LogP contribution in [-0.4, -0.2) is 52.4 Å². The molecule has 0 bridgehead atoms. The summed E-state index contributed by atoms with van der Waals surface area (Å²) in [6.07, 6.45) is 0. The van der Waals surface area contributed by atoms with Crippen LogP contribution in [0.2, 0.25) is 5.02 Å². The van der Waals surface area contributed by atoms with E-state index >= 15 is 0 Å². The minimum absolute atomic E-state index is 0.166. The Kier molecular flexibility index (Phi) is 7.34. The summed E-state index contributed by atoms with van der Waals surface area (Å²) in [5, 5.41) is 0.921. The van der Waals surface area contributed by atoms with Crippen molar-refractivity contribution >= 4 is 28.4 Å². The van der Waals surface area contributed by atoms with Crippen molar-refractivity contribution in [1.82, 2.24) is 19.4 Å². The highest BCUT2D eigenvalue weighted by Gasteiger charge is 2.28. The van der Waals surface area contributed by atoms with Crippen molar-refractivity contribution in [2.75, 3.05) is 27.2 Å². The SMILES string of the molecule is Cc1cccc(-n2c(C(C)N(CCN(C)C)C(=O)c3ccccc3Cl)nc3ccccc3c2=O)c1. The second-order valence-corrected chi connectivity index (χ2v) is 9.33. The Labute approximate surface area is 210 Å². The second-order valence-electron chi connectivity index (χ2n) is 8.92. The van der Waals surface area contributed by atoms with Crippen molar-refractivity contribution in [2.45, 2.75) is 19.9 Å². The van der Waals surface area contributed by atoms with Crippen LogP contribution in [0.4, 0.5) is 0 Å². The fourth-order valence-electron chi connectivity index (χ4n) is 4.15. The van der Waals surface area contributed by atoms with Gasteiger partial charge in [-0.2, -0.15) is 0 Å². The molecule has 0 fully saturated rings. The number of halogens is 1. The molecule has 35 heavy (non-hydrogen) atoms. The van der Waals surface area contributed by atoms with Crippen LogP contribution in [-0.2, 0) is 0 Å². The Bertz CT molecular complexity index is 1430. The van der Waals surface area contributed by atoms with E-state index in [1.54, 1.807) is 39.8 Å². The number of fused-ring (bicyclic) bond motifs is 1. The molecule has 1 unspecified atom stereocenters. The van der Waals surface area contributed by atoms with Crippen LogP contribution in [0.3, 0.4) is 0 Å². The van der Waals surface area contributed by atoms with Gasteiger partial charge >= 0.3 is 0 Å². The zero-order valence-corrected chi connectivity index (χ0v) is 21.2. The predicted molar refractivity (Wildman–Crippen MR) is 142 cm³/mol. The molecule has 7 heteroatoms. The van der Waals surface area contributed by atoms with Gasteiger partial charge in [0, 0.05) is 13.1 Å². The molecule has 0 aliphatic carbocycles. The maximum absolute atomic E-state index is 13.8. The van der Waals surface area contributed by atoms with Gasteiger partial charge in [-0.05, 0) is 69.9 Å². The molecule has 4 rings (SSSR count). The minimum atomic E-state index is -0.503. The lowest BCUT2D eigenvalue weighted by Crippen LogP contribution is -2.41. The van der Waals surface area contributed by atoms with Crippen molar-refractivity contribution in [2.24, 2.45) is 0 Å². The largest absolute Gasteiger partial charge is 0.327 e. The molecule has 0 spiro atoms. The molecule has 1 amide bonds. The highest BCUT2D eigenvalue weighted by molar-refractivity contribution is 6.33. The number of likely N-dealkylation sites (N-methyl/N-ethyl adjacent to an activating group) is 1. The number of para-hydroxylation sites is 1. The van der Waals surface area contributed by atoms with Crippen molar-refractivity contribution in [1.29, 1.82) is 0 Å². The quantitative estimate of drug-likeness (QED) is 0.362. The number of benzene rings is 3. The molecule has 0 aliphatic rings. The van der Waals surface area contributed by atoms with Crippen LogP contribution in [0.25, 0.3) is 16.6 Å². The fourth-order valence-corrected chi connectivity index (χ4v) is 4.37. The van der Waals surface area contributed by atoms with Crippen LogP contribution in [0, 0.1) is 6.92 Å². The number of hydrogen-bond donors (Lipinski definition) is 0. The first kappa shape index (κ1) is 24.6. The van der Waals surface area contributed by atoms with Gasteiger partial charge in [-0.3, -0.25) is 14.2 Å². The van der Waals surface area contributed by atoms with Crippen molar-refractivity contribution in [3.05, 3.63) is 105 Å². The number of nitrogens with zero attached hydrogens (tertiary/aromatic N) is 4. The first-order valence-electron chi connectivity index (χ1n) is 11.6. The maximum Gasteiger partial charge on any atom is 0.266 e. The Morgan fingerprint density at radius 1 is 1.00 bits per heavy atom. The molecule has 1 aromatic heterocycles. The lowest BCUT2D eigenvalue weighted by molar-refractivity contribution is 0.0667. The molecule has 0 saturated heterocycles. The maximum atomic E-state index is 13.8. The van der Waals surface area contributed by atoms with Gasteiger partial charge in [0.1, 0.15) is 5.82 Å². The standard InChI is InChI=1S/C28H29ClN4O2/c1-19-10-9-11-21(18-19)33-26(30-25-15-8-6-13-23(25)28(33)35)20(2)32(17-16-31(3)4)27(34)22-12-5-7-14-24(22)29/h5-15,18,20H,16-17H2,1-4H3. The summed E-state index contributed by atoms with van der Waals surface area (Å²) in [5.41, 5.74) is 2.59. The van der Waals surface area contributed by atoms with E-state index in [9.17, 15) is 9.59 Å². The summed E-state index contributed by atoms with van der Waals surface area (Å²) in [5.74, 6) is 0.293. The number of amides is 1. The number of aromatic nitrogens is 2. The zero-order valence-electron chi connectivity index (χ0n) is 20.4. The van der Waals surface area contributed by atoms with E-state index in [2.05, 4.69) is 0 Å². The monoisotopic (exact) mass is 488 g/mol. The minimum Gasteiger partial charge on any atom is -0.327 e. The number of hydrogen-bond acceptors (Lipinski definition) is 4. The molecule has 0 radical (unpaired) electrons. The predicted octanol–water partition coefficient (Wildman–Crippen LogP) is 5.11. The van der Waals surface area contributed by atoms with Gasteiger partial charge in [0.25, 0.3) is 11.5 Å². The lowest BCUT2D eigenvalue weighted by Gasteiger charge is -2.32. The smallest absolute Gasteiger partial charge is 0.266 e. The molecular weight excluding hydrogens is 460 g/mol. The normalized spacial score (nSPS) is 12.2. The van der Waals surface area contributed by atoms with Crippen molar-refractivity contribution < 1.29 is 4.79 Å². The lowest BCUT2D eigenvalue weighted by atomic mass is 10.1. The molecule has 4 aromatic rings. The Morgan fingerprint density at radius 3 is 2.43 bits per heavy atom. The first-order chi connectivity index (χ1) is 16.8. The zero-order chi connectivity index (χ0) is 25.1. The van der Waals surface area contributed by atoms with Gasteiger partial charge in [-0.1, -0.05) is 48.0 Å². The van der Waals surface area contributed by atoms with E-state index in [1.165, 1.54) is 0 Å². The van der Waals surface area contributed by atoms with Gasteiger partial charge in [0.15, 0.2) is 0 Å². The molecule has 1 heterocycles. The number of carbonyl (C=O) groups is 1. The summed E-state index contributed by atoms with van der Waals surface area (Å²) in [6.45, 7) is 4.97. The molecule has 0 N–H and O–H groups in total. The van der Waals surface area contributed by atoms with Crippen LogP contribution in [0.1, 0.15) is 34.7 Å². The first-order valence-corrected chi connectivity index (χ1v) is 11.9. The highest BCUT2D eigenvalue weighted by Crippen LogP contribution is 2.26. The molecule has 6 nitrogen and oxygen atoms in total. The van der Waals surface area contributed by atoms with Crippen LogP contribution >= 0.6 is 11.6 Å². The third kappa shape index (κ3) is 5.14. The van der Waals surface area contributed by atoms with E-state index < -0.39 is 6.04 Å². The number of carbonyl (C=O) groups excluding carboxylic acids is 1. The molecular formula is C28H29ClN4O2. The summed E-state index contributed by atoms with van der Waals surface area (Å²) in [6, 6.07) is 21.6. The van der Waals surface area contributed by atoms with E-state index in [1.807, 2.05) is 75.3 Å². The highest BCUT2D eigenvalue weighted by atomic mass is 35.5. The third-order valence-corrected chi connectivity index (χ3v) is 6.39. The van der Waals surface area contributed by atoms with E-state index in [-0.39, 0.29) is 11.5 Å². The fraction of sp³-hybridized carbons (Fsp3) is 0.250. The van der Waals surface area contributed by atoms with E-state index in [4.69, 9.17) is 16.6 Å². The Balaban J connectivity index is 1.92. The summed E-state index contributed by atoms with van der Waals surface area (Å²) in [4.78, 5) is 36.2.